The van der Waals surface area contributed by atoms with Crippen LogP contribution >= 0.6 is 12.4 Å². The van der Waals surface area contributed by atoms with Gasteiger partial charge in [0.2, 0.25) is 5.91 Å². The number of rotatable bonds is 10. The van der Waals surface area contributed by atoms with Crippen LogP contribution < -0.4 is 5.73 Å². The number of carbonyl (C=O) groups is 1. The quantitative estimate of drug-likeness (QED) is 0.342. The summed E-state index contributed by atoms with van der Waals surface area (Å²) in [6, 6.07) is 9.93. The highest BCUT2D eigenvalue weighted by molar-refractivity contribution is 6.40. The molecule has 1 saturated heterocycles. The molecule has 0 aliphatic carbocycles. The van der Waals surface area contributed by atoms with Crippen molar-refractivity contribution in [3.05, 3.63) is 41.7 Å². The molecule has 4 N–H and O–H groups in total. The highest BCUT2D eigenvalue weighted by Crippen LogP contribution is 2.15. The molecule has 10 nitrogen and oxygen atoms in total. The highest BCUT2D eigenvalue weighted by Gasteiger charge is 2.24. The number of tetrazole rings is 1. The molecule has 0 radical (unpaired) electrons. The Kier molecular flexibility index (Phi) is 10.3. The van der Waals surface area contributed by atoms with E-state index in [4.69, 9.17) is 15.8 Å². The lowest BCUT2D eigenvalue weighted by Gasteiger charge is -2.34. The first kappa shape index (κ1) is 25.2. The fraction of sp³-hybridized carbons (Fsp3) is 0.579. The number of nitrogens with two attached hydrogens (primary N) is 1. The minimum atomic E-state index is -1.29. The number of piperazine rings is 1. The Balaban J connectivity index is 0.00000341. The molecule has 1 aromatic heterocycles. The zero-order valence-electron chi connectivity index (χ0n) is 17.6. The van der Waals surface area contributed by atoms with Crippen molar-refractivity contribution in [2.24, 2.45) is 5.73 Å². The van der Waals surface area contributed by atoms with Crippen LogP contribution in [-0.4, -0.2) is 79.3 Å². The van der Waals surface area contributed by atoms with Crippen LogP contribution in [0.15, 0.2) is 30.3 Å². The molecule has 1 atom stereocenters. The number of hydrogen-bond acceptors (Lipinski definition) is 8. The van der Waals surface area contributed by atoms with Crippen LogP contribution in [0.25, 0.3) is 0 Å². The molecule has 1 unspecified atom stereocenters. The van der Waals surface area contributed by atoms with Crippen molar-refractivity contribution in [3.63, 3.8) is 0 Å². The van der Waals surface area contributed by atoms with Gasteiger partial charge in [-0.2, -0.15) is 0 Å². The molecule has 0 saturated carbocycles. The maximum Gasteiger partial charge on any atom is 0.451 e. The average molecular weight is 452 g/mol. The van der Waals surface area contributed by atoms with Crippen molar-refractivity contribution < 1.29 is 14.8 Å². The molecule has 3 rings (SSSR count). The number of aromatic nitrogens is 4. The minimum Gasteiger partial charge on any atom is -0.427 e. The van der Waals surface area contributed by atoms with E-state index in [9.17, 15) is 4.79 Å². The fourth-order valence-corrected chi connectivity index (χ4v) is 3.64. The summed E-state index contributed by atoms with van der Waals surface area (Å²) in [5.41, 5.74) is 7.46. The van der Waals surface area contributed by atoms with E-state index in [0.29, 0.717) is 38.1 Å². The summed E-state index contributed by atoms with van der Waals surface area (Å²) >= 11 is 0. The number of unbranched alkanes of at least 4 members (excludes halogenated alkanes) is 1. The van der Waals surface area contributed by atoms with E-state index in [2.05, 4.69) is 32.6 Å². The standard InChI is InChI=1S/C19H30BN7O3.ClH/c21-17(8-4-5-9-20(29)30)19-22-23-24-27(19)15-18(28)26-12-10-25(11-13-26)14-16-6-2-1-3-7-16;/h1-3,6-7,17,29-30H,4-5,8-15,21H2;1H. The van der Waals surface area contributed by atoms with Gasteiger partial charge in [-0.1, -0.05) is 43.2 Å². The second-order valence-corrected chi connectivity index (χ2v) is 7.71. The Hall–Kier alpha value is -2.05. The van der Waals surface area contributed by atoms with Crippen molar-refractivity contribution in [1.82, 2.24) is 30.0 Å². The summed E-state index contributed by atoms with van der Waals surface area (Å²) in [6.45, 7) is 3.99. The van der Waals surface area contributed by atoms with E-state index in [1.165, 1.54) is 10.2 Å². The van der Waals surface area contributed by atoms with Crippen LogP contribution in [0, 0.1) is 0 Å². The van der Waals surface area contributed by atoms with E-state index < -0.39 is 13.2 Å². The van der Waals surface area contributed by atoms with Crippen molar-refractivity contribution in [1.29, 1.82) is 0 Å². The van der Waals surface area contributed by atoms with Gasteiger partial charge in [0, 0.05) is 32.7 Å². The Bertz CT molecular complexity index is 788. The van der Waals surface area contributed by atoms with Gasteiger partial charge in [0.25, 0.3) is 0 Å². The number of hydrogen-bond donors (Lipinski definition) is 3. The summed E-state index contributed by atoms with van der Waals surface area (Å²) in [4.78, 5) is 16.9. The number of benzene rings is 1. The lowest BCUT2D eigenvalue weighted by Crippen LogP contribution is -2.49. The monoisotopic (exact) mass is 451 g/mol. The maximum absolute atomic E-state index is 12.7. The third-order valence-electron chi connectivity index (χ3n) is 5.38. The van der Waals surface area contributed by atoms with E-state index in [1.807, 2.05) is 23.1 Å². The Labute approximate surface area is 189 Å². The topological polar surface area (TPSA) is 134 Å². The third kappa shape index (κ3) is 7.86. The molecule has 12 heteroatoms. The number of carbonyl (C=O) groups excluding carboxylic acids is 1. The van der Waals surface area contributed by atoms with Crippen molar-refractivity contribution in [2.45, 2.75) is 44.7 Å². The van der Waals surface area contributed by atoms with Crippen LogP contribution in [0.2, 0.25) is 6.32 Å². The smallest absolute Gasteiger partial charge is 0.427 e. The predicted molar refractivity (Wildman–Crippen MR) is 119 cm³/mol. The van der Waals surface area contributed by atoms with Gasteiger partial charge in [-0.15, -0.1) is 17.5 Å². The molecule has 2 heterocycles. The van der Waals surface area contributed by atoms with Gasteiger partial charge in [-0.3, -0.25) is 9.69 Å². The van der Waals surface area contributed by atoms with Crippen LogP contribution in [0.5, 0.6) is 0 Å². The van der Waals surface area contributed by atoms with E-state index >= 15 is 0 Å². The lowest BCUT2D eigenvalue weighted by molar-refractivity contribution is -0.133. The maximum atomic E-state index is 12.7. The summed E-state index contributed by atoms with van der Waals surface area (Å²) in [5.74, 6) is 0.467. The molecular formula is C19H31BClN7O3. The number of halogens is 1. The molecule has 2 aromatic rings. The Morgan fingerprint density at radius 1 is 1.13 bits per heavy atom. The van der Waals surface area contributed by atoms with Gasteiger partial charge in [0.1, 0.15) is 6.54 Å². The van der Waals surface area contributed by atoms with Gasteiger partial charge >= 0.3 is 7.12 Å². The number of amides is 1. The lowest BCUT2D eigenvalue weighted by atomic mass is 9.83. The van der Waals surface area contributed by atoms with Gasteiger partial charge in [-0.25, -0.2) is 4.68 Å². The molecule has 1 aliphatic heterocycles. The zero-order valence-corrected chi connectivity index (χ0v) is 18.4. The SMILES string of the molecule is Cl.NC(CCCCB(O)O)c1nnnn1CC(=O)N1CCN(Cc2ccccc2)CC1. The first-order chi connectivity index (χ1) is 14.5. The first-order valence-corrected chi connectivity index (χ1v) is 10.4. The van der Waals surface area contributed by atoms with Crippen LogP contribution in [0.4, 0.5) is 0 Å². The largest absolute Gasteiger partial charge is 0.451 e. The highest BCUT2D eigenvalue weighted by atomic mass is 35.5. The van der Waals surface area contributed by atoms with Crippen LogP contribution in [-0.2, 0) is 17.9 Å². The summed E-state index contributed by atoms with van der Waals surface area (Å²) in [6.07, 6.45) is 2.30. The summed E-state index contributed by atoms with van der Waals surface area (Å²) in [5, 5.41) is 29.4. The van der Waals surface area contributed by atoms with Gasteiger partial charge < -0.3 is 20.7 Å². The third-order valence-corrected chi connectivity index (χ3v) is 5.38. The zero-order chi connectivity index (χ0) is 21.3. The first-order valence-electron chi connectivity index (χ1n) is 10.4. The Morgan fingerprint density at radius 3 is 2.52 bits per heavy atom. The second-order valence-electron chi connectivity index (χ2n) is 7.71. The molecule has 1 aromatic carbocycles. The Morgan fingerprint density at radius 2 is 1.84 bits per heavy atom. The molecular weight excluding hydrogens is 421 g/mol. The van der Waals surface area contributed by atoms with Crippen molar-refractivity contribution in [2.75, 3.05) is 26.2 Å². The van der Waals surface area contributed by atoms with Crippen LogP contribution in [0.1, 0.15) is 36.7 Å². The van der Waals surface area contributed by atoms with Crippen molar-refractivity contribution >= 4 is 25.4 Å². The average Bonchev–Trinajstić information content (AvgIpc) is 3.20. The van der Waals surface area contributed by atoms with E-state index in [1.54, 1.807) is 0 Å². The minimum absolute atomic E-state index is 0. The molecule has 170 valence electrons. The van der Waals surface area contributed by atoms with Crippen LogP contribution in [0.3, 0.4) is 0 Å². The number of nitrogens with zero attached hydrogens (tertiary/aromatic N) is 6. The molecule has 31 heavy (non-hydrogen) atoms. The molecule has 1 aliphatic rings. The second kappa shape index (κ2) is 12.7. The fourth-order valence-electron chi connectivity index (χ4n) is 3.64. The summed E-state index contributed by atoms with van der Waals surface area (Å²) in [7, 11) is -1.29. The predicted octanol–water partition coefficient (Wildman–Crippen LogP) is 0.0822. The normalized spacial score (nSPS) is 15.4. The molecule has 1 fully saturated rings. The van der Waals surface area contributed by atoms with Gasteiger partial charge in [-0.05, 0) is 28.7 Å². The van der Waals surface area contributed by atoms with E-state index in [-0.39, 0.29) is 24.9 Å². The van der Waals surface area contributed by atoms with E-state index in [0.717, 1.165) is 26.1 Å². The molecule has 0 bridgehead atoms. The van der Waals surface area contributed by atoms with Crippen molar-refractivity contribution in [3.8, 4) is 0 Å². The molecule has 1 amide bonds. The molecule has 0 spiro atoms. The van der Waals surface area contributed by atoms with Gasteiger partial charge in [0.15, 0.2) is 5.82 Å². The summed E-state index contributed by atoms with van der Waals surface area (Å²) < 4.78 is 1.48. The van der Waals surface area contributed by atoms with Gasteiger partial charge in [0.05, 0.1) is 6.04 Å².